The third-order valence-corrected chi connectivity index (χ3v) is 3.92. The summed E-state index contributed by atoms with van der Waals surface area (Å²) in [4.78, 5) is 25.6. The third-order valence-electron chi connectivity index (χ3n) is 3.92. The van der Waals surface area contributed by atoms with Crippen molar-refractivity contribution in [2.45, 2.75) is 12.6 Å². The number of carbonyl (C=O) groups excluding carboxylic acids is 2. The number of benzene rings is 1. The molecule has 25 heavy (non-hydrogen) atoms. The standard InChI is InChI=1S/C17H19N3O5/c1-23-17(22)20-7-8-24-11-14(20)15-9-13(19-25-15)16(21)18-10-12-5-3-2-4-6-12/h2-6,9,14H,7-8,10-11H2,1H3,(H,18,21). The topological polar surface area (TPSA) is 93.9 Å². The smallest absolute Gasteiger partial charge is 0.410 e. The number of ether oxygens (including phenoxy) is 2. The fraction of sp³-hybridized carbons (Fsp3) is 0.353. The average molecular weight is 345 g/mol. The fourth-order valence-electron chi connectivity index (χ4n) is 2.60. The van der Waals surface area contributed by atoms with E-state index >= 15 is 0 Å². The second kappa shape index (κ2) is 7.80. The predicted molar refractivity (Wildman–Crippen MR) is 86.8 cm³/mol. The molecule has 2 aromatic rings. The molecule has 0 aliphatic carbocycles. The highest BCUT2D eigenvalue weighted by atomic mass is 16.5. The molecule has 1 fully saturated rings. The van der Waals surface area contributed by atoms with Crippen molar-refractivity contribution in [1.82, 2.24) is 15.4 Å². The van der Waals surface area contributed by atoms with Gasteiger partial charge in [-0.05, 0) is 5.56 Å². The lowest BCUT2D eigenvalue weighted by molar-refractivity contribution is -0.0136. The zero-order valence-electron chi connectivity index (χ0n) is 13.8. The Morgan fingerprint density at radius 1 is 1.36 bits per heavy atom. The van der Waals surface area contributed by atoms with Gasteiger partial charge in [0, 0.05) is 19.2 Å². The van der Waals surface area contributed by atoms with Crippen LogP contribution in [-0.2, 0) is 16.0 Å². The number of amides is 2. The second-order valence-electron chi connectivity index (χ2n) is 5.54. The van der Waals surface area contributed by atoms with E-state index in [0.29, 0.717) is 25.5 Å². The first-order valence-corrected chi connectivity index (χ1v) is 7.90. The van der Waals surface area contributed by atoms with Gasteiger partial charge in [0.2, 0.25) is 0 Å². The Morgan fingerprint density at radius 3 is 2.92 bits per heavy atom. The largest absolute Gasteiger partial charge is 0.453 e. The molecule has 0 radical (unpaired) electrons. The molecule has 8 heteroatoms. The van der Waals surface area contributed by atoms with E-state index in [1.807, 2.05) is 30.3 Å². The Balaban J connectivity index is 1.66. The van der Waals surface area contributed by atoms with E-state index in [0.717, 1.165) is 5.56 Å². The van der Waals surface area contributed by atoms with E-state index in [2.05, 4.69) is 10.5 Å². The lowest BCUT2D eigenvalue weighted by atomic mass is 10.1. The highest BCUT2D eigenvalue weighted by Crippen LogP contribution is 2.25. The van der Waals surface area contributed by atoms with Crippen LogP contribution < -0.4 is 5.32 Å². The highest BCUT2D eigenvalue weighted by Gasteiger charge is 2.32. The summed E-state index contributed by atoms with van der Waals surface area (Å²) in [5.74, 6) is 0.0372. The molecule has 1 atom stereocenters. The van der Waals surface area contributed by atoms with Gasteiger partial charge in [-0.25, -0.2) is 4.79 Å². The Labute approximate surface area is 144 Å². The normalized spacial score (nSPS) is 17.2. The maximum Gasteiger partial charge on any atom is 0.410 e. The third kappa shape index (κ3) is 3.97. The van der Waals surface area contributed by atoms with Gasteiger partial charge in [-0.3, -0.25) is 9.69 Å². The minimum Gasteiger partial charge on any atom is -0.453 e. The maximum absolute atomic E-state index is 12.2. The van der Waals surface area contributed by atoms with Crippen molar-refractivity contribution in [3.8, 4) is 0 Å². The van der Waals surface area contributed by atoms with E-state index in [4.69, 9.17) is 14.0 Å². The minimum atomic E-state index is -0.472. The van der Waals surface area contributed by atoms with Crippen molar-refractivity contribution in [1.29, 1.82) is 0 Å². The molecule has 132 valence electrons. The second-order valence-corrected chi connectivity index (χ2v) is 5.54. The summed E-state index contributed by atoms with van der Waals surface area (Å²) in [6, 6.07) is 10.6. The van der Waals surface area contributed by atoms with Crippen molar-refractivity contribution < 1.29 is 23.6 Å². The fourth-order valence-corrected chi connectivity index (χ4v) is 2.60. The van der Waals surface area contributed by atoms with Crippen LogP contribution in [0.25, 0.3) is 0 Å². The van der Waals surface area contributed by atoms with Crippen LogP contribution in [0.1, 0.15) is 27.9 Å². The van der Waals surface area contributed by atoms with Crippen molar-refractivity contribution >= 4 is 12.0 Å². The summed E-state index contributed by atoms with van der Waals surface area (Å²) in [7, 11) is 1.32. The van der Waals surface area contributed by atoms with Crippen LogP contribution in [0, 0.1) is 0 Å². The lowest BCUT2D eigenvalue weighted by Crippen LogP contribution is -2.43. The summed E-state index contributed by atoms with van der Waals surface area (Å²) >= 11 is 0. The van der Waals surface area contributed by atoms with E-state index in [9.17, 15) is 9.59 Å². The summed E-state index contributed by atoms with van der Waals surface area (Å²) in [5, 5.41) is 6.58. The van der Waals surface area contributed by atoms with Crippen LogP contribution in [0.3, 0.4) is 0 Å². The first-order valence-electron chi connectivity index (χ1n) is 7.90. The summed E-state index contributed by atoms with van der Waals surface area (Å²) in [5.41, 5.74) is 1.14. The van der Waals surface area contributed by atoms with Crippen LogP contribution in [0.4, 0.5) is 4.79 Å². The molecular formula is C17H19N3O5. The van der Waals surface area contributed by atoms with Gasteiger partial charge >= 0.3 is 6.09 Å². The molecule has 1 aliphatic rings. The molecule has 0 saturated carbocycles. The first kappa shape index (κ1) is 17.0. The molecular weight excluding hydrogens is 326 g/mol. The number of nitrogens with one attached hydrogen (secondary N) is 1. The molecule has 2 amide bonds. The van der Waals surface area contributed by atoms with Gasteiger partial charge in [-0.15, -0.1) is 0 Å². The van der Waals surface area contributed by atoms with E-state index in [-0.39, 0.29) is 18.2 Å². The minimum absolute atomic E-state index is 0.154. The lowest BCUT2D eigenvalue weighted by Gasteiger charge is -2.32. The Hall–Kier alpha value is -2.87. The summed E-state index contributed by atoms with van der Waals surface area (Å²) in [6.45, 7) is 1.45. The van der Waals surface area contributed by atoms with Crippen LogP contribution >= 0.6 is 0 Å². The van der Waals surface area contributed by atoms with Crippen LogP contribution in [0.15, 0.2) is 40.9 Å². The Bertz CT molecular complexity index is 731. The molecule has 1 unspecified atom stereocenters. The van der Waals surface area contributed by atoms with Gasteiger partial charge in [-0.2, -0.15) is 0 Å². The highest BCUT2D eigenvalue weighted by molar-refractivity contribution is 5.92. The van der Waals surface area contributed by atoms with Crippen molar-refractivity contribution in [2.75, 3.05) is 26.9 Å². The Kier molecular flexibility index (Phi) is 5.30. The molecule has 1 aromatic heterocycles. The van der Waals surface area contributed by atoms with E-state index in [1.165, 1.54) is 18.1 Å². The quantitative estimate of drug-likeness (QED) is 0.907. The average Bonchev–Trinajstić information content (AvgIpc) is 3.16. The van der Waals surface area contributed by atoms with E-state index < -0.39 is 12.1 Å². The maximum atomic E-state index is 12.2. The molecule has 0 bridgehead atoms. The van der Waals surface area contributed by atoms with Gasteiger partial charge in [0.05, 0.1) is 20.3 Å². The molecule has 3 rings (SSSR count). The van der Waals surface area contributed by atoms with Crippen LogP contribution in [0.2, 0.25) is 0 Å². The molecule has 2 heterocycles. The number of aromatic nitrogens is 1. The molecule has 1 aromatic carbocycles. The van der Waals surface area contributed by atoms with Gasteiger partial charge in [0.1, 0.15) is 6.04 Å². The van der Waals surface area contributed by atoms with Gasteiger partial charge < -0.3 is 19.3 Å². The van der Waals surface area contributed by atoms with E-state index in [1.54, 1.807) is 0 Å². The number of rotatable bonds is 4. The monoisotopic (exact) mass is 345 g/mol. The first-order chi connectivity index (χ1) is 12.2. The van der Waals surface area contributed by atoms with Crippen molar-refractivity contribution in [3.63, 3.8) is 0 Å². The molecule has 1 saturated heterocycles. The number of carbonyl (C=O) groups is 2. The Morgan fingerprint density at radius 2 is 2.16 bits per heavy atom. The zero-order valence-corrected chi connectivity index (χ0v) is 13.8. The van der Waals surface area contributed by atoms with Gasteiger partial charge in [0.15, 0.2) is 11.5 Å². The predicted octanol–water partition coefficient (Wildman–Crippen LogP) is 1.74. The molecule has 0 spiro atoms. The number of hydrogen-bond acceptors (Lipinski definition) is 6. The van der Waals surface area contributed by atoms with Crippen LogP contribution in [-0.4, -0.2) is 48.9 Å². The zero-order chi connectivity index (χ0) is 17.6. The molecule has 8 nitrogen and oxygen atoms in total. The summed E-state index contributed by atoms with van der Waals surface area (Å²) in [6.07, 6.45) is -0.472. The number of hydrogen-bond donors (Lipinski definition) is 1. The molecule has 1 N–H and O–H groups in total. The van der Waals surface area contributed by atoms with Gasteiger partial charge in [-0.1, -0.05) is 35.5 Å². The number of morpholine rings is 1. The number of methoxy groups -OCH3 is 1. The van der Waals surface area contributed by atoms with Gasteiger partial charge in [0.25, 0.3) is 5.91 Å². The van der Waals surface area contributed by atoms with Crippen LogP contribution in [0.5, 0.6) is 0 Å². The summed E-state index contributed by atoms with van der Waals surface area (Å²) < 4.78 is 15.4. The van der Waals surface area contributed by atoms with Crippen molar-refractivity contribution in [2.24, 2.45) is 0 Å². The SMILES string of the molecule is COC(=O)N1CCOCC1c1cc(C(=O)NCc2ccccc2)no1. The molecule has 1 aliphatic heterocycles. The van der Waals surface area contributed by atoms with Crippen molar-refractivity contribution in [3.05, 3.63) is 53.4 Å². The number of nitrogens with zero attached hydrogens (tertiary/aromatic N) is 2.